The molecule has 0 saturated carbocycles. The number of thioether (sulfide) groups is 1. The summed E-state index contributed by atoms with van der Waals surface area (Å²) in [6.07, 6.45) is 0.129. The van der Waals surface area contributed by atoms with Crippen LogP contribution in [0.3, 0.4) is 0 Å². The van der Waals surface area contributed by atoms with Crippen LogP contribution >= 0.6 is 11.8 Å². The van der Waals surface area contributed by atoms with E-state index in [0.29, 0.717) is 17.5 Å². The highest BCUT2D eigenvalue weighted by Gasteiger charge is 2.31. The average Bonchev–Trinajstić information content (AvgIpc) is 3.32. The van der Waals surface area contributed by atoms with Gasteiger partial charge in [0.05, 0.1) is 17.6 Å². The molecule has 5 rings (SSSR count). The molecule has 1 aromatic heterocycles. The number of carbonyl (C=O) groups is 2. The quantitative estimate of drug-likeness (QED) is 0.366. The van der Waals surface area contributed by atoms with E-state index in [1.165, 1.54) is 0 Å². The Morgan fingerprint density at radius 2 is 1.72 bits per heavy atom. The first-order valence-corrected chi connectivity index (χ1v) is 12.2. The second-order valence-corrected chi connectivity index (χ2v) is 9.67. The summed E-state index contributed by atoms with van der Waals surface area (Å²) < 4.78 is 22.2. The van der Waals surface area contributed by atoms with Crippen molar-refractivity contribution >= 4 is 39.6 Å². The Balaban J connectivity index is 1.24. The lowest BCUT2D eigenvalue weighted by Crippen LogP contribution is -2.25. The Kier molecular flexibility index (Phi) is 6.21. The topological polar surface area (TPSA) is 85.7 Å². The van der Waals surface area contributed by atoms with E-state index in [2.05, 4.69) is 5.32 Å². The summed E-state index contributed by atoms with van der Waals surface area (Å²) >= 11 is 0.703. The van der Waals surface area contributed by atoms with Gasteiger partial charge in [0.15, 0.2) is 0 Å². The number of amides is 2. The molecule has 0 aliphatic carbocycles. The van der Waals surface area contributed by atoms with Crippen LogP contribution in [0, 0.1) is 0 Å². The van der Waals surface area contributed by atoms with Gasteiger partial charge in [0.2, 0.25) is 5.91 Å². The fourth-order valence-electron chi connectivity index (χ4n) is 3.86. The third kappa shape index (κ3) is 5.16. The molecule has 3 aromatic carbocycles. The molecule has 184 valence electrons. The Hall–Kier alpha value is -3.98. The summed E-state index contributed by atoms with van der Waals surface area (Å²) in [7, 11) is 5.93. The molecule has 1 aliphatic rings. The summed E-state index contributed by atoms with van der Waals surface area (Å²) in [6.45, 7) is 0.266. The molecular formula is C27H26N4O4S. The van der Waals surface area contributed by atoms with Crippen molar-refractivity contribution in [1.82, 2.24) is 14.9 Å². The molecule has 1 aliphatic heterocycles. The number of benzene rings is 3. The van der Waals surface area contributed by atoms with Crippen molar-refractivity contribution < 1.29 is 20.4 Å². The van der Waals surface area contributed by atoms with Crippen molar-refractivity contribution in [3.05, 3.63) is 78.1 Å². The van der Waals surface area contributed by atoms with Crippen molar-refractivity contribution in [3.63, 3.8) is 0 Å². The Morgan fingerprint density at radius 3 is 2.39 bits per heavy atom. The predicted molar refractivity (Wildman–Crippen MR) is 141 cm³/mol. The maximum absolute atomic E-state index is 11.9. The first kappa shape index (κ1) is 22.5. The van der Waals surface area contributed by atoms with Gasteiger partial charge in [-0.05, 0) is 60.5 Å². The first-order chi connectivity index (χ1) is 17.7. The Bertz CT molecular complexity index is 1470. The Morgan fingerprint density at radius 1 is 1.03 bits per heavy atom. The van der Waals surface area contributed by atoms with E-state index in [1.54, 1.807) is 24.3 Å². The van der Waals surface area contributed by atoms with Crippen molar-refractivity contribution in [2.24, 2.45) is 7.05 Å². The van der Waals surface area contributed by atoms with Gasteiger partial charge in [0.1, 0.15) is 29.7 Å². The van der Waals surface area contributed by atoms with Crippen LogP contribution in [-0.4, -0.2) is 40.0 Å². The van der Waals surface area contributed by atoms with Crippen LogP contribution in [0.25, 0.3) is 11.0 Å². The molecule has 9 heteroatoms. The number of imide groups is 1. The lowest BCUT2D eigenvalue weighted by Gasteiger charge is -2.13. The lowest BCUT2D eigenvalue weighted by molar-refractivity contribution is -0.118. The second kappa shape index (κ2) is 9.94. The number of nitrogens with one attached hydrogen (secondary N) is 1. The van der Waals surface area contributed by atoms with Gasteiger partial charge in [0, 0.05) is 32.9 Å². The lowest BCUT2D eigenvalue weighted by atomic mass is 10.1. The molecule has 1 atom stereocenters. The number of hydrogen-bond donors (Lipinski definition) is 1. The molecule has 0 bridgehead atoms. The Labute approximate surface area is 214 Å². The number of ether oxygens (including phenoxy) is 2. The fourth-order valence-corrected chi connectivity index (χ4v) is 4.61. The summed E-state index contributed by atoms with van der Waals surface area (Å²) in [5.74, 6) is 2.29. The largest absolute Gasteiger partial charge is 0.486 e. The van der Waals surface area contributed by atoms with Crippen molar-refractivity contribution in [2.45, 2.75) is 18.3 Å². The molecule has 1 unspecified atom stereocenters. The summed E-state index contributed by atoms with van der Waals surface area (Å²) in [6, 6.07) is 20.9. The third-order valence-electron chi connectivity index (χ3n) is 5.87. The van der Waals surface area contributed by atoms with Gasteiger partial charge in [-0.3, -0.25) is 14.9 Å². The van der Waals surface area contributed by atoms with Gasteiger partial charge in [-0.1, -0.05) is 23.9 Å². The molecule has 2 heterocycles. The van der Waals surface area contributed by atoms with Crippen LogP contribution in [0.1, 0.15) is 12.8 Å². The van der Waals surface area contributed by atoms with Gasteiger partial charge in [-0.15, -0.1) is 0 Å². The van der Waals surface area contributed by atoms with Crippen LogP contribution < -0.4 is 19.7 Å². The minimum atomic E-state index is -1.54. The number of aromatic nitrogens is 2. The third-order valence-corrected chi connectivity index (χ3v) is 6.74. The number of anilines is 1. The van der Waals surface area contributed by atoms with Crippen molar-refractivity contribution in [2.75, 3.05) is 19.0 Å². The van der Waals surface area contributed by atoms with E-state index >= 15 is 0 Å². The van der Waals surface area contributed by atoms with Gasteiger partial charge in [-0.2, -0.15) is 0 Å². The number of rotatable bonds is 8. The minimum Gasteiger partial charge on any atom is -0.486 e. The van der Waals surface area contributed by atoms with Crippen molar-refractivity contribution in [1.29, 1.82) is 0 Å². The first-order valence-electron chi connectivity index (χ1n) is 11.9. The van der Waals surface area contributed by atoms with E-state index in [1.807, 2.05) is 73.1 Å². The zero-order valence-electron chi connectivity index (χ0n) is 21.1. The van der Waals surface area contributed by atoms with E-state index in [9.17, 15) is 9.59 Å². The molecule has 1 saturated heterocycles. The number of hydrogen-bond acceptors (Lipinski definition) is 7. The number of aryl methyl sites for hydroxylation is 1. The van der Waals surface area contributed by atoms with Gasteiger partial charge in [-0.25, -0.2) is 4.98 Å². The zero-order valence-corrected chi connectivity index (χ0v) is 21.0. The number of imidazole rings is 1. The van der Waals surface area contributed by atoms with Crippen LogP contribution in [0.4, 0.5) is 10.5 Å². The average molecular weight is 504 g/mol. The monoisotopic (exact) mass is 503 g/mol. The molecule has 0 spiro atoms. The van der Waals surface area contributed by atoms with E-state index < -0.39 is 16.4 Å². The molecule has 8 nitrogen and oxygen atoms in total. The molecule has 2 amide bonds. The number of fused-ring (bicyclic) bond motifs is 1. The highest BCUT2D eigenvalue weighted by molar-refractivity contribution is 8.15. The van der Waals surface area contributed by atoms with Crippen LogP contribution in [-0.2, 0) is 24.9 Å². The smallest absolute Gasteiger partial charge is 0.286 e. The molecule has 36 heavy (non-hydrogen) atoms. The van der Waals surface area contributed by atoms with E-state index in [0.717, 1.165) is 39.6 Å². The molecule has 0 radical (unpaired) electrons. The SMILES string of the molecule is [2H]C1(Cc2ccc(OCc3nc4ccc(Oc5ccc(N(C)C)cc5)cc4n3C)cc2)SC(=O)NC1=O. The minimum absolute atomic E-state index is 0.129. The summed E-state index contributed by atoms with van der Waals surface area (Å²) in [5, 5.41) is 0.146. The molecule has 1 fully saturated rings. The van der Waals surface area contributed by atoms with Gasteiger partial charge in [0.25, 0.3) is 5.24 Å². The van der Waals surface area contributed by atoms with Crippen LogP contribution in [0.15, 0.2) is 66.7 Å². The van der Waals surface area contributed by atoms with Crippen molar-refractivity contribution in [3.8, 4) is 17.2 Å². The molecule has 4 aromatic rings. The van der Waals surface area contributed by atoms with Crippen LogP contribution in [0.5, 0.6) is 17.2 Å². The summed E-state index contributed by atoms with van der Waals surface area (Å²) in [5.41, 5.74) is 3.64. The highest BCUT2D eigenvalue weighted by atomic mass is 32.2. The highest BCUT2D eigenvalue weighted by Crippen LogP contribution is 2.28. The predicted octanol–water partition coefficient (Wildman–Crippen LogP) is 4.90. The maximum Gasteiger partial charge on any atom is 0.286 e. The van der Waals surface area contributed by atoms with E-state index in [-0.39, 0.29) is 13.0 Å². The standard InChI is InChI=1S/C27H26N4O4S/c1-30(2)18-6-10-20(11-7-18)35-21-12-13-22-23(15-21)31(3)25(28-22)16-34-19-8-4-17(5-9-19)14-24-26(32)29-27(33)36-24/h4-13,15,24H,14,16H2,1-3H3,(H,29,32,33)/i24D. The van der Waals surface area contributed by atoms with E-state index in [4.69, 9.17) is 15.8 Å². The second-order valence-electron chi connectivity index (χ2n) is 8.60. The number of carbonyl (C=O) groups excluding carboxylic acids is 2. The normalized spacial score (nSPS) is 17.7. The van der Waals surface area contributed by atoms with Gasteiger partial charge >= 0.3 is 0 Å². The zero-order chi connectivity index (χ0) is 26.2. The number of nitrogens with zero attached hydrogens (tertiary/aromatic N) is 3. The fraction of sp³-hybridized carbons (Fsp3) is 0.222. The molecular weight excluding hydrogens is 476 g/mol. The van der Waals surface area contributed by atoms with Gasteiger partial charge < -0.3 is 18.9 Å². The molecule has 1 N–H and O–H groups in total. The maximum atomic E-state index is 11.9. The summed E-state index contributed by atoms with van der Waals surface area (Å²) in [4.78, 5) is 30.1. The van der Waals surface area contributed by atoms with Crippen LogP contribution in [0.2, 0.25) is 0 Å².